The summed E-state index contributed by atoms with van der Waals surface area (Å²) in [6.45, 7) is 0. The highest BCUT2D eigenvalue weighted by molar-refractivity contribution is 14.1. The lowest BCUT2D eigenvalue weighted by Crippen LogP contribution is -2.21. The molecule has 3 aromatic rings. The lowest BCUT2D eigenvalue weighted by atomic mass is 10.2. The molecule has 140 valence electrons. The van der Waals surface area contributed by atoms with Crippen LogP contribution in [-0.2, 0) is 6.18 Å². The van der Waals surface area contributed by atoms with Crippen LogP contribution in [0.4, 0.5) is 36.3 Å². The number of aromatic nitrogens is 2. The summed E-state index contributed by atoms with van der Waals surface area (Å²) in [5, 5.41) is 0. The zero-order chi connectivity index (χ0) is 19.6. The minimum Gasteiger partial charge on any atom is -0.329 e. The third-order valence-electron chi connectivity index (χ3n) is 4.04. The molecule has 27 heavy (non-hydrogen) atoms. The predicted octanol–water partition coefficient (Wildman–Crippen LogP) is 5.64. The van der Waals surface area contributed by atoms with Crippen molar-refractivity contribution < 1.29 is 13.2 Å². The molecule has 0 saturated heterocycles. The Morgan fingerprint density at radius 3 is 2.04 bits per heavy atom. The van der Waals surface area contributed by atoms with Crippen LogP contribution >= 0.6 is 22.6 Å². The van der Waals surface area contributed by atoms with E-state index < -0.39 is 11.7 Å². The van der Waals surface area contributed by atoms with Crippen molar-refractivity contribution in [3.63, 3.8) is 0 Å². The third kappa shape index (κ3) is 4.32. The second-order valence-electron chi connectivity index (χ2n) is 5.84. The van der Waals surface area contributed by atoms with Gasteiger partial charge in [-0.25, -0.2) is 4.98 Å². The number of anilines is 4. The van der Waals surface area contributed by atoms with Crippen LogP contribution < -0.4 is 9.80 Å². The fourth-order valence-electron chi connectivity index (χ4n) is 2.54. The van der Waals surface area contributed by atoms with Gasteiger partial charge in [-0.15, -0.1) is 0 Å². The number of nitrogens with zero attached hydrogens (tertiary/aromatic N) is 4. The molecule has 4 nitrogen and oxygen atoms in total. The molecule has 0 unspecified atom stereocenters. The first-order chi connectivity index (χ1) is 12.8. The highest BCUT2D eigenvalue weighted by Crippen LogP contribution is 2.38. The number of rotatable bonds is 4. The molecule has 1 aromatic heterocycles. The molecular weight excluding hydrogens is 468 g/mol. The van der Waals surface area contributed by atoms with E-state index in [0.29, 0.717) is 5.69 Å². The molecule has 0 amide bonds. The van der Waals surface area contributed by atoms with E-state index in [2.05, 4.69) is 32.6 Å². The zero-order valence-electron chi connectivity index (χ0n) is 14.6. The maximum absolute atomic E-state index is 13.5. The molecule has 0 bridgehead atoms. The van der Waals surface area contributed by atoms with Crippen LogP contribution in [0.3, 0.4) is 0 Å². The number of benzene rings is 2. The molecule has 0 saturated carbocycles. The molecule has 0 aliphatic heterocycles. The Hall–Kier alpha value is -2.36. The van der Waals surface area contributed by atoms with Gasteiger partial charge in [0.2, 0.25) is 5.95 Å². The van der Waals surface area contributed by atoms with Gasteiger partial charge in [0.25, 0.3) is 0 Å². The maximum Gasteiger partial charge on any atom is 0.421 e. The van der Waals surface area contributed by atoms with Gasteiger partial charge in [0, 0.05) is 35.2 Å². The third-order valence-corrected chi connectivity index (χ3v) is 4.76. The van der Waals surface area contributed by atoms with Crippen molar-refractivity contribution in [2.75, 3.05) is 23.9 Å². The summed E-state index contributed by atoms with van der Waals surface area (Å²) in [6.07, 6.45) is -3.73. The molecule has 0 aliphatic rings. The van der Waals surface area contributed by atoms with Crippen molar-refractivity contribution in [1.82, 2.24) is 9.97 Å². The van der Waals surface area contributed by atoms with E-state index in [4.69, 9.17) is 0 Å². The van der Waals surface area contributed by atoms with Crippen molar-refractivity contribution in [3.05, 3.63) is 69.9 Å². The summed E-state index contributed by atoms with van der Waals surface area (Å²) >= 11 is 2.14. The Balaban J connectivity index is 2.07. The Kier molecular flexibility index (Phi) is 5.54. The van der Waals surface area contributed by atoms with Gasteiger partial charge in [-0.2, -0.15) is 18.2 Å². The Morgan fingerprint density at radius 1 is 0.852 bits per heavy atom. The van der Waals surface area contributed by atoms with Gasteiger partial charge in [0.1, 0.15) is 5.56 Å². The van der Waals surface area contributed by atoms with Crippen molar-refractivity contribution in [1.29, 1.82) is 0 Å². The van der Waals surface area contributed by atoms with E-state index in [0.717, 1.165) is 15.5 Å². The molecule has 2 aromatic carbocycles. The molecule has 8 heteroatoms. The van der Waals surface area contributed by atoms with Crippen LogP contribution in [0.1, 0.15) is 5.56 Å². The molecule has 3 rings (SSSR count). The summed E-state index contributed by atoms with van der Waals surface area (Å²) in [6, 6.07) is 16.4. The van der Waals surface area contributed by atoms with Gasteiger partial charge < -0.3 is 9.80 Å². The number of alkyl halides is 3. The summed E-state index contributed by atoms with van der Waals surface area (Å²) in [5.41, 5.74) is 0.502. The normalized spacial score (nSPS) is 11.3. The van der Waals surface area contributed by atoms with E-state index in [9.17, 15) is 13.2 Å². The topological polar surface area (TPSA) is 32.3 Å². The van der Waals surface area contributed by atoms with Crippen LogP contribution in [0.15, 0.2) is 60.8 Å². The summed E-state index contributed by atoms with van der Waals surface area (Å²) < 4.78 is 41.6. The highest BCUT2D eigenvalue weighted by Gasteiger charge is 2.36. The maximum atomic E-state index is 13.5. The van der Waals surface area contributed by atoms with Crippen molar-refractivity contribution in [3.8, 4) is 0 Å². The molecule has 0 atom stereocenters. The fraction of sp³-hybridized carbons (Fsp3) is 0.158. The number of halogens is 4. The van der Waals surface area contributed by atoms with Gasteiger partial charge in [0.15, 0.2) is 5.82 Å². The summed E-state index contributed by atoms with van der Waals surface area (Å²) in [7, 11) is 3.28. The first-order valence-electron chi connectivity index (χ1n) is 7.99. The van der Waals surface area contributed by atoms with Crippen LogP contribution in [0.2, 0.25) is 0 Å². The largest absolute Gasteiger partial charge is 0.421 e. The van der Waals surface area contributed by atoms with E-state index in [-0.39, 0.29) is 11.8 Å². The smallest absolute Gasteiger partial charge is 0.329 e. The molecule has 0 fully saturated rings. The van der Waals surface area contributed by atoms with Crippen molar-refractivity contribution in [2.24, 2.45) is 0 Å². The average molecular weight is 484 g/mol. The first-order valence-corrected chi connectivity index (χ1v) is 9.07. The van der Waals surface area contributed by atoms with E-state index in [1.54, 1.807) is 31.1 Å². The monoisotopic (exact) mass is 484 g/mol. The van der Waals surface area contributed by atoms with Gasteiger partial charge in [-0.3, -0.25) is 0 Å². The molecule has 0 N–H and O–H groups in total. The lowest BCUT2D eigenvalue weighted by molar-refractivity contribution is -0.137. The molecule has 0 aliphatic carbocycles. The molecule has 0 spiro atoms. The van der Waals surface area contributed by atoms with Crippen LogP contribution in [0.5, 0.6) is 0 Å². The number of hydrogen-bond acceptors (Lipinski definition) is 4. The van der Waals surface area contributed by atoms with Gasteiger partial charge in [-0.1, -0.05) is 18.2 Å². The average Bonchev–Trinajstić information content (AvgIpc) is 2.67. The van der Waals surface area contributed by atoms with E-state index >= 15 is 0 Å². The van der Waals surface area contributed by atoms with Crippen LogP contribution in [-0.4, -0.2) is 24.1 Å². The number of para-hydroxylation sites is 1. The SMILES string of the molecule is CN(c1ccccc1)c1ncc(C(F)(F)F)c(N(C)c2ccc(I)cc2)n1. The first kappa shape index (κ1) is 19.4. The second-order valence-corrected chi connectivity index (χ2v) is 7.08. The highest BCUT2D eigenvalue weighted by atomic mass is 127. The second kappa shape index (κ2) is 7.71. The van der Waals surface area contributed by atoms with Crippen LogP contribution in [0.25, 0.3) is 0 Å². The predicted molar refractivity (Wildman–Crippen MR) is 109 cm³/mol. The molecule has 0 radical (unpaired) electrons. The van der Waals surface area contributed by atoms with Gasteiger partial charge in [0.05, 0.1) is 0 Å². The standard InChI is InChI=1S/C19H16F3IN4/c1-26(15-10-8-13(23)9-11-15)17-16(19(20,21)22)12-24-18(25-17)27(2)14-6-4-3-5-7-14/h3-12H,1-2H3. The summed E-state index contributed by atoms with van der Waals surface area (Å²) in [4.78, 5) is 11.2. The van der Waals surface area contributed by atoms with E-state index in [1.165, 1.54) is 4.90 Å². The number of hydrogen-bond donors (Lipinski definition) is 0. The van der Waals surface area contributed by atoms with Gasteiger partial charge >= 0.3 is 6.18 Å². The lowest BCUT2D eigenvalue weighted by Gasteiger charge is -2.25. The summed E-state index contributed by atoms with van der Waals surface area (Å²) in [5.74, 6) is -0.0157. The zero-order valence-corrected chi connectivity index (χ0v) is 16.7. The van der Waals surface area contributed by atoms with E-state index in [1.807, 2.05) is 42.5 Å². The minimum absolute atomic E-state index is 0.182. The van der Waals surface area contributed by atoms with Crippen molar-refractivity contribution in [2.45, 2.75) is 6.18 Å². The fourth-order valence-corrected chi connectivity index (χ4v) is 2.89. The Morgan fingerprint density at radius 2 is 1.44 bits per heavy atom. The Bertz CT molecular complexity index is 914. The van der Waals surface area contributed by atoms with Gasteiger partial charge in [-0.05, 0) is 59.0 Å². The molecular formula is C19H16F3IN4. The molecule has 1 heterocycles. The quantitative estimate of drug-likeness (QED) is 0.449. The minimum atomic E-state index is -4.56. The Labute approximate surface area is 168 Å². The van der Waals surface area contributed by atoms with Crippen LogP contribution in [0, 0.1) is 3.57 Å². The van der Waals surface area contributed by atoms with Crippen molar-refractivity contribution >= 4 is 45.7 Å².